The Kier molecular flexibility index (Phi) is 5.98. The standard InChI is InChI=1S/C21H21F2N5OS/c1-14(29)27-8-2-3-15(11-27)12-28-20(19-10-24-6-7-25-19)13-30-21(28)26-18-5-4-16(22)9-17(18)23/h4-7,9-10,13,15H,2-3,8,11-12H2,1H3. The van der Waals surface area contributed by atoms with Gasteiger partial charge in [-0.3, -0.25) is 14.8 Å². The zero-order chi connectivity index (χ0) is 21.1. The van der Waals surface area contributed by atoms with Gasteiger partial charge in [-0.2, -0.15) is 0 Å². The van der Waals surface area contributed by atoms with Crippen LogP contribution in [0.4, 0.5) is 14.5 Å². The van der Waals surface area contributed by atoms with Gasteiger partial charge in [-0.1, -0.05) is 0 Å². The minimum atomic E-state index is -0.712. The molecule has 0 spiro atoms. The summed E-state index contributed by atoms with van der Waals surface area (Å²) in [5.41, 5.74) is 1.59. The SMILES string of the molecule is CC(=O)N1CCCC(Cn2c(-c3cnccn3)csc2=Nc2ccc(F)cc2F)C1. The van der Waals surface area contributed by atoms with Crippen molar-refractivity contribution in [1.82, 2.24) is 19.4 Å². The summed E-state index contributed by atoms with van der Waals surface area (Å²) in [5, 5.41) is 1.91. The molecule has 3 heterocycles. The van der Waals surface area contributed by atoms with Crippen LogP contribution in [0.25, 0.3) is 11.4 Å². The van der Waals surface area contributed by atoms with E-state index in [1.54, 1.807) is 25.5 Å². The van der Waals surface area contributed by atoms with Crippen molar-refractivity contribution in [2.45, 2.75) is 26.3 Å². The Morgan fingerprint density at radius 2 is 2.20 bits per heavy atom. The van der Waals surface area contributed by atoms with E-state index in [0.717, 1.165) is 31.1 Å². The second kappa shape index (κ2) is 8.83. The fourth-order valence-corrected chi connectivity index (χ4v) is 4.58. The molecule has 1 unspecified atom stereocenters. The first-order valence-electron chi connectivity index (χ1n) is 9.71. The number of carbonyl (C=O) groups is 1. The molecule has 0 aliphatic carbocycles. The Hall–Kier alpha value is -2.94. The average Bonchev–Trinajstić information content (AvgIpc) is 3.13. The molecule has 1 fully saturated rings. The van der Waals surface area contributed by atoms with Gasteiger partial charge in [0.05, 0.1) is 11.9 Å². The highest BCUT2D eigenvalue weighted by atomic mass is 32.1. The second-order valence-corrected chi connectivity index (χ2v) is 8.12. The van der Waals surface area contributed by atoms with Crippen LogP contribution in [0.5, 0.6) is 0 Å². The van der Waals surface area contributed by atoms with Crippen molar-refractivity contribution >= 4 is 22.9 Å². The number of halogens is 2. The van der Waals surface area contributed by atoms with E-state index in [-0.39, 0.29) is 17.5 Å². The maximum Gasteiger partial charge on any atom is 0.219 e. The second-order valence-electron chi connectivity index (χ2n) is 7.29. The minimum Gasteiger partial charge on any atom is -0.343 e. The summed E-state index contributed by atoms with van der Waals surface area (Å²) in [7, 11) is 0. The third-order valence-corrected chi connectivity index (χ3v) is 6.02. The normalized spacial score (nSPS) is 17.4. The topological polar surface area (TPSA) is 63.4 Å². The predicted molar refractivity (Wildman–Crippen MR) is 110 cm³/mol. The lowest BCUT2D eigenvalue weighted by Gasteiger charge is -2.32. The molecule has 1 aromatic carbocycles. The number of hydrogen-bond acceptors (Lipinski definition) is 5. The lowest BCUT2D eigenvalue weighted by Crippen LogP contribution is -2.40. The van der Waals surface area contributed by atoms with Gasteiger partial charge in [-0.25, -0.2) is 13.8 Å². The number of amides is 1. The van der Waals surface area contributed by atoms with E-state index in [0.29, 0.717) is 23.6 Å². The van der Waals surface area contributed by atoms with E-state index in [1.165, 1.54) is 23.5 Å². The molecular formula is C21H21F2N5OS. The highest BCUT2D eigenvalue weighted by Gasteiger charge is 2.23. The molecule has 0 saturated carbocycles. The van der Waals surface area contributed by atoms with Crippen molar-refractivity contribution in [3.8, 4) is 11.4 Å². The summed E-state index contributed by atoms with van der Waals surface area (Å²) in [6.07, 6.45) is 6.81. The Morgan fingerprint density at radius 1 is 1.33 bits per heavy atom. The fourth-order valence-electron chi connectivity index (χ4n) is 3.67. The van der Waals surface area contributed by atoms with Crippen LogP contribution < -0.4 is 4.80 Å². The molecule has 1 amide bonds. The molecular weight excluding hydrogens is 408 g/mol. The van der Waals surface area contributed by atoms with Crippen molar-refractivity contribution in [3.63, 3.8) is 0 Å². The number of hydrogen-bond donors (Lipinski definition) is 0. The molecule has 4 rings (SSSR count). The largest absolute Gasteiger partial charge is 0.343 e. The molecule has 2 aromatic heterocycles. The zero-order valence-electron chi connectivity index (χ0n) is 16.5. The van der Waals surface area contributed by atoms with E-state index in [2.05, 4.69) is 15.0 Å². The molecule has 30 heavy (non-hydrogen) atoms. The number of nitrogens with zero attached hydrogens (tertiary/aromatic N) is 5. The van der Waals surface area contributed by atoms with Crippen LogP contribution in [0.15, 0.2) is 47.2 Å². The van der Waals surface area contributed by atoms with Crippen LogP contribution in [0.1, 0.15) is 19.8 Å². The molecule has 1 aliphatic heterocycles. The van der Waals surface area contributed by atoms with Crippen LogP contribution in [0, 0.1) is 17.6 Å². The molecule has 6 nitrogen and oxygen atoms in total. The van der Waals surface area contributed by atoms with Gasteiger partial charge in [0.2, 0.25) is 5.91 Å². The third kappa shape index (κ3) is 4.46. The first kappa shape index (κ1) is 20.3. The lowest BCUT2D eigenvalue weighted by molar-refractivity contribution is -0.130. The molecule has 3 aromatic rings. The molecule has 156 valence electrons. The van der Waals surface area contributed by atoms with Crippen LogP contribution in [0.2, 0.25) is 0 Å². The van der Waals surface area contributed by atoms with Gasteiger partial charge in [-0.15, -0.1) is 11.3 Å². The Labute approximate surface area is 176 Å². The molecule has 0 N–H and O–H groups in total. The van der Waals surface area contributed by atoms with Gasteiger partial charge in [-0.05, 0) is 30.9 Å². The smallest absolute Gasteiger partial charge is 0.219 e. The summed E-state index contributed by atoms with van der Waals surface area (Å²) in [5.74, 6) is -1.04. The van der Waals surface area contributed by atoms with E-state index < -0.39 is 11.6 Å². The van der Waals surface area contributed by atoms with Crippen molar-refractivity contribution in [2.75, 3.05) is 13.1 Å². The van der Waals surface area contributed by atoms with E-state index >= 15 is 0 Å². The van der Waals surface area contributed by atoms with E-state index in [4.69, 9.17) is 0 Å². The van der Waals surface area contributed by atoms with Gasteiger partial charge in [0.25, 0.3) is 0 Å². The number of piperidine rings is 1. The number of carbonyl (C=O) groups excluding carboxylic acids is 1. The van der Waals surface area contributed by atoms with Crippen molar-refractivity contribution in [1.29, 1.82) is 0 Å². The third-order valence-electron chi connectivity index (χ3n) is 5.15. The average molecular weight is 429 g/mol. The number of likely N-dealkylation sites (tertiary alicyclic amines) is 1. The highest BCUT2D eigenvalue weighted by molar-refractivity contribution is 7.07. The van der Waals surface area contributed by atoms with Crippen molar-refractivity contribution in [3.05, 3.63) is 58.6 Å². The summed E-state index contributed by atoms with van der Waals surface area (Å²) in [6.45, 7) is 3.64. The van der Waals surface area contributed by atoms with Gasteiger partial charge in [0.15, 0.2) is 10.6 Å². The summed E-state index contributed by atoms with van der Waals surface area (Å²) in [6, 6.07) is 3.34. The quantitative estimate of drug-likeness (QED) is 0.634. The minimum absolute atomic E-state index is 0.0717. The summed E-state index contributed by atoms with van der Waals surface area (Å²) in [4.78, 5) is 27.3. The van der Waals surface area contributed by atoms with Crippen LogP contribution in [-0.4, -0.2) is 38.4 Å². The van der Waals surface area contributed by atoms with Crippen LogP contribution in [0.3, 0.4) is 0 Å². The molecule has 0 radical (unpaired) electrons. The van der Waals surface area contributed by atoms with Crippen molar-refractivity contribution < 1.29 is 13.6 Å². The van der Waals surface area contributed by atoms with Gasteiger partial charge >= 0.3 is 0 Å². The number of rotatable bonds is 4. The first-order chi connectivity index (χ1) is 14.5. The van der Waals surface area contributed by atoms with E-state index in [1.807, 2.05) is 14.8 Å². The molecule has 1 aliphatic rings. The van der Waals surface area contributed by atoms with Gasteiger partial charge in [0, 0.05) is 50.4 Å². The Morgan fingerprint density at radius 3 is 2.93 bits per heavy atom. The van der Waals surface area contributed by atoms with Gasteiger partial charge in [0.1, 0.15) is 17.2 Å². The summed E-state index contributed by atoms with van der Waals surface area (Å²) < 4.78 is 29.5. The number of benzene rings is 1. The lowest BCUT2D eigenvalue weighted by atomic mass is 9.98. The summed E-state index contributed by atoms with van der Waals surface area (Å²) >= 11 is 1.36. The van der Waals surface area contributed by atoms with E-state index in [9.17, 15) is 13.6 Å². The zero-order valence-corrected chi connectivity index (χ0v) is 17.3. The van der Waals surface area contributed by atoms with Crippen molar-refractivity contribution in [2.24, 2.45) is 10.9 Å². The molecule has 1 saturated heterocycles. The molecule has 0 bridgehead atoms. The number of aromatic nitrogens is 3. The molecule has 1 atom stereocenters. The fraction of sp³-hybridized carbons (Fsp3) is 0.333. The monoisotopic (exact) mass is 429 g/mol. The maximum atomic E-state index is 14.2. The number of thiazole rings is 1. The van der Waals surface area contributed by atoms with Gasteiger partial charge < -0.3 is 9.47 Å². The predicted octanol–water partition coefficient (Wildman–Crippen LogP) is 3.78. The highest BCUT2D eigenvalue weighted by Crippen LogP contribution is 2.24. The Bertz CT molecular complexity index is 1110. The first-order valence-corrected chi connectivity index (χ1v) is 10.6. The molecule has 9 heteroatoms. The van der Waals surface area contributed by atoms with Crippen LogP contribution in [-0.2, 0) is 11.3 Å². The maximum absolute atomic E-state index is 14.2. The van der Waals surface area contributed by atoms with Crippen LogP contribution >= 0.6 is 11.3 Å². The Balaban J connectivity index is 1.75.